The van der Waals surface area contributed by atoms with Crippen molar-refractivity contribution in [3.05, 3.63) is 27.0 Å². The Morgan fingerprint density at radius 1 is 1.47 bits per heavy atom. The van der Waals surface area contributed by atoms with Gasteiger partial charge in [0.2, 0.25) is 0 Å². The minimum absolute atomic E-state index is 0.0499. The SMILES string of the molecule is CCC1CCc2nnc3c(c21)CC(Cl)C(Br)=C3. The molecule has 0 saturated heterocycles. The second kappa shape index (κ2) is 4.36. The van der Waals surface area contributed by atoms with Crippen molar-refractivity contribution in [3.63, 3.8) is 0 Å². The van der Waals surface area contributed by atoms with Gasteiger partial charge < -0.3 is 0 Å². The zero-order valence-electron chi connectivity index (χ0n) is 9.71. The highest BCUT2D eigenvalue weighted by atomic mass is 79.9. The molecule has 0 fully saturated rings. The van der Waals surface area contributed by atoms with E-state index in [4.69, 9.17) is 11.6 Å². The van der Waals surface area contributed by atoms with Crippen LogP contribution in [-0.2, 0) is 12.8 Å². The van der Waals surface area contributed by atoms with Crippen LogP contribution >= 0.6 is 27.5 Å². The van der Waals surface area contributed by atoms with E-state index in [0.29, 0.717) is 5.92 Å². The lowest BCUT2D eigenvalue weighted by Gasteiger charge is -2.21. The van der Waals surface area contributed by atoms with Gasteiger partial charge in [0.1, 0.15) is 0 Å². The van der Waals surface area contributed by atoms with E-state index in [1.807, 2.05) is 6.08 Å². The molecule has 0 N–H and O–H groups in total. The van der Waals surface area contributed by atoms with Gasteiger partial charge in [0.05, 0.1) is 16.8 Å². The second-order valence-corrected chi connectivity index (χ2v) is 6.21. The molecule has 1 heterocycles. The van der Waals surface area contributed by atoms with Gasteiger partial charge in [0.15, 0.2) is 0 Å². The molecule has 90 valence electrons. The summed E-state index contributed by atoms with van der Waals surface area (Å²) in [4.78, 5) is 0. The number of allylic oxidation sites excluding steroid dienone is 1. The quantitative estimate of drug-likeness (QED) is 0.737. The second-order valence-electron chi connectivity index (χ2n) is 4.77. The van der Waals surface area contributed by atoms with E-state index in [1.54, 1.807) is 0 Å². The molecule has 2 atom stereocenters. The largest absolute Gasteiger partial charge is 0.155 e. The van der Waals surface area contributed by atoms with E-state index in [-0.39, 0.29) is 5.38 Å². The number of hydrogen-bond donors (Lipinski definition) is 0. The summed E-state index contributed by atoms with van der Waals surface area (Å²) in [6.07, 6.45) is 6.38. The van der Waals surface area contributed by atoms with Crippen LogP contribution in [0.1, 0.15) is 48.2 Å². The van der Waals surface area contributed by atoms with Crippen LogP contribution < -0.4 is 0 Å². The smallest absolute Gasteiger partial charge is 0.0901 e. The molecule has 2 unspecified atom stereocenters. The molecule has 2 aliphatic carbocycles. The third kappa shape index (κ3) is 1.84. The molecule has 1 aromatic heterocycles. The average Bonchev–Trinajstić information content (AvgIpc) is 2.74. The number of fused-ring (bicyclic) bond motifs is 3. The van der Waals surface area contributed by atoms with Crippen LogP contribution in [-0.4, -0.2) is 15.6 Å². The van der Waals surface area contributed by atoms with Gasteiger partial charge in [-0.3, -0.25) is 0 Å². The van der Waals surface area contributed by atoms with E-state index in [2.05, 4.69) is 33.1 Å². The van der Waals surface area contributed by atoms with Gasteiger partial charge in [-0.15, -0.1) is 11.6 Å². The van der Waals surface area contributed by atoms with Crippen molar-refractivity contribution in [1.82, 2.24) is 10.2 Å². The number of halogens is 2. The van der Waals surface area contributed by atoms with Gasteiger partial charge in [-0.25, -0.2) is 0 Å². The van der Waals surface area contributed by atoms with Crippen LogP contribution in [0.5, 0.6) is 0 Å². The molecule has 4 heteroatoms. The van der Waals surface area contributed by atoms with Crippen molar-refractivity contribution < 1.29 is 0 Å². The van der Waals surface area contributed by atoms with Crippen molar-refractivity contribution in [3.8, 4) is 0 Å². The monoisotopic (exact) mass is 312 g/mol. The Balaban J connectivity index is 2.16. The Hall–Kier alpha value is -0.410. The number of hydrogen-bond acceptors (Lipinski definition) is 2. The molecule has 0 radical (unpaired) electrons. The van der Waals surface area contributed by atoms with Crippen molar-refractivity contribution >= 4 is 33.6 Å². The van der Waals surface area contributed by atoms with Crippen molar-refractivity contribution in [2.24, 2.45) is 0 Å². The van der Waals surface area contributed by atoms with E-state index in [1.165, 1.54) is 29.7 Å². The first-order chi connectivity index (χ1) is 8.20. The summed E-state index contributed by atoms with van der Waals surface area (Å²) >= 11 is 9.82. The summed E-state index contributed by atoms with van der Waals surface area (Å²) in [6.45, 7) is 2.25. The van der Waals surface area contributed by atoms with Crippen LogP contribution in [0, 0.1) is 0 Å². The van der Waals surface area contributed by atoms with Gasteiger partial charge in [0, 0.05) is 4.48 Å². The van der Waals surface area contributed by atoms with Crippen molar-refractivity contribution in [2.75, 3.05) is 0 Å². The third-order valence-electron chi connectivity index (χ3n) is 3.81. The predicted octanol–water partition coefficient (Wildman–Crippen LogP) is 3.82. The lowest BCUT2D eigenvalue weighted by Crippen LogP contribution is -2.15. The fourth-order valence-corrected chi connectivity index (χ4v) is 3.50. The lowest BCUT2D eigenvalue weighted by atomic mass is 9.90. The zero-order chi connectivity index (χ0) is 12.0. The molecule has 17 heavy (non-hydrogen) atoms. The molecule has 0 saturated carbocycles. The summed E-state index contributed by atoms with van der Waals surface area (Å²) in [5.74, 6) is 0.656. The van der Waals surface area contributed by atoms with E-state index in [0.717, 1.165) is 23.0 Å². The topological polar surface area (TPSA) is 25.8 Å². The van der Waals surface area contributed by atoms with Crippen LogP contribution in [0.3, 0.4) is 0 Å². The Morgan fingerprint density at radius 3 is 3.06 bits per heavy atom. The number of aromatic nitrogens is 2. The molecule has 0 spiro atoms. The molecule has 0 aromatic carbocycles. The highest BCUT2D eigenvalue weighted by Gasteiger charge is 2.30. The van der Waals surface area contributed by atoms with Crippen molar-refractivity contribution in [1.29, 1.82) is 0 Å². The summed E-state index contributed by atoms with van der Waals surface area (Å²) in [5, 5.41) is 8.75. The molecule has 0 aliphatic heterocycles. The maximum Gasteiger partial charge on any atom is 0.0901 e. The van der Waals surface area contributed by atoms with Crippen LogP contribution in [0.4, 0.5) is 0 Å². The number of nitrogens with zero attached hydrogens (tertiary/aromatic N) is 2. The standard InChI is InChI=1S/C13H14BrClN2/c1-2-7-3-4-11-13(7)8-5-10(15)9(14)6-12(8)17-16-11/h6-7,10H,2-5H2,1H3. The molecule has 3 rings (SSSR count). The minimum Gasteiger partial charge on any atom is -0.155 e. The van der Waals surface area contributed by atoms with Gasteiger partial charge in [0.25, 0.3) is 0 Å². The van der Waals surface area contributed by atoms with Gasteiger partial charge in [-0.05, 0) is 48.8 Å². The Kier molecular flexibility index (Phi) is 2.99. The van der Waals surface area contributed by atoms with E-state index < -0.39 is 0 Å². The normalized spacial score (nSPS) is 26.4. The summed E-state index contributed by atoms with van der Waals surface area (Å²) in [5.41, 5.74) is 4.99. The molecular weight excluding hydrogens is 300 g/mol. The minimum atomic E-state index is 0.0499. The fourth-order valence-electron chi connectivity index (χ4n) is 2.90. The summed E-state index contributed by atoms with van der Waals surface area (Å²) < 4.78 is 1.02. The Bertz CT molecular complexity index is 498. The first kappa shape index (κ1) is 11.7. The maximum atomic E-state index is 6.32. The van der Waals surface area contributed by atoms with Crippen LogP contribution in [0.15, 0.2) is 4.48 Å². The van der Waals surface area contributed by atoms with Gasteiger partial charge in [-0.2, -0.15) is 10.2 Å². The summed E-state index contributed by atoms with van der Waals surface area (Å²) in [7, 11) is 0. The average molecular weight is 314 g/mol. The van der Waals surface area contributed by atoms with E-state index in [9.17, 15) is 0 Å². The van der Waals surface area contributed by atoms with Crippen molar-refractivity contribution in [2.45, 2.75) is 43.9 Å². The molecule has 2 nitrogen and oxygen atoms in total. The first-order valence-corrected chi connectivity index (χ1v) is 7.33. The Labute approximate surface area is 115 Å². The first-order valence-electron chi connectivity index (χ1n) is 6.10. The lowest BCUT2D eigenvalue weighted by molar-refractivity contribution is 0.649. The highest BCUT2D eigenvalue weighted by Crippen LogP contribution is 2.41. The molecular formula is C13H14BrClN2. The fraction of sp³-hybridized carbons (Fsp3) is 0.538. The third-order valence-corrected chi connectivity index (χ3v) is 5.25. The number of alkyl halides is 1. The number of aryl methyl sites for hydroxylation is 1. The zero-order valence-corrected chi connectivity index (χ0v) is 12.1. The molecule has 1 aromatic rings. The number of rotatable bonds is 1. The van der Waals surface area contributed by atoms with Gasteiger partial charge >= 0.3 is 0 Å². The maximum absolute atomic E-state index is 6.32. The van der Waals surface area contributed by atoms with Crippen LogP contribution in [0.25, 0.3) is 6.08 Å². The highest BCUT2D eigenvalue weighted by molar-refractivity contribution is 9.11. The predicted molar refractivity (Wildman–Crippen MR) is 73.6 cm³/mol. The van der Waals surface area contributed by atoms with E-state index >= 15 is 0 Å². The molecule has 0 bridgehead atoms. The summed E-state index contributed by atoms with van der Waals surface area (Å²) in [6, 6.07) is 0. The van der Waals surface area contributed by atoms with Gasteiger partial charge in [-0.1, -0.05) is 22.9 Å². The van der Waals surface area contributed by atoms with Crippen LogP contribution in [0.2, 0.25) is 0 Å². The molecule has 2 aliphatic rings. The Morgan fingerprint density at radius 2 is 2.29 bits per heavy atom. The molecule has 0 amide bonds.